The van der Waals surface area contributed by atoms with Gasteiger partial charge in [-0.1, -0.05) is 24.3 Å². The maximum absolute atomic E-state index is 6.03. The molecule has 3 aliphatic rings. The van der Waals surface area contributed by atoms with E-state index in [1.165, 1.54) is 35.0 Å². The van der Waals surface area contributed by atoms with Crippen molar-refractivity contribution in [3.05, 3.63) is 59.8 Å². The second-order valence-electron chi connectivity index (χ2n) is 10.1. The third-order valence-corrected chi connectivity index (χ3v) is 7.63. The fourth-order valence-corrected chi connectivity index (χ4v) is 5.70. The molecule has 1 fully saturated rings. The summed E-state index contributed by atoms with van der Waals surface area (Å²) in [4.78, 5) is 9.83. The summed E-state index contributed by atoms with van der Waals surface area (Å²) in [7, 11) is 0. The molecule has 2 aromatic carbocycles. The number of fused-ring (bicyclic) bond motifs is 4. The maximum atomic E-state index is 6.03. The van der Waals surface area contributed by atoms with Gasteiger partial charge in [0.15, 0.2) is 17.2 Å². The Labute approximate surface area is 213 Å². The van der Waals surface area contributed by atoms with Crippen molar-refractivity contribution in [3.63, 3.8) is 0 Å². The van der Waals surface area contributed by atoms with Crippen molar-refractivity contribution in [2.24, 2.45) is 5.92 Å². The van der Waals surface area contributed by atoms with Gasteiger partial charge in [-0.15, -0.1) is 0 Å². The third-order valence-electron chi connectivity index (χ3n) is 7.63. The van der Waals surface area contributed by atoms with E-state index in [2.05, 4.69) is 70.3 Å². The number of benzene rings is 2. The molecule has 6 rings (SSSR count). The van der Waals surface area contributed by atoms with E-state index in [0.717, 1.165) is 68.5 Å². The standard InChI is InChI=1S/C30H35N3O3/c1-2-3-22-4-6-26-25(18-22)30-29(20-31-26)34-15-14-33(30)21-24-9-12-32(13-10-24)11-8-23-5-7-27-28(19-23)36-17-16-35-27/h2-7,18-20,24H,8-17,21H2,1H3. The van der Waals surface area contributed by atoms with Crippen LogP contribution in [-0.2, 0) is 6.42 Å². The van der Waals surface area contributed by atoms with Crippen LogP contribution in [0.15, 0.2) is 48.7 Å². The highest BCUT2D eigenvalue weighted by molar-refractivity contribution is 5.96. The summed E-state index contributed by atoms with van der Waals surface area (Å²) in [5.41, 5.74) is 4.78. The summed E-state index contributed by atoms with van der Waals surface area (Å²) in [6.07, 6.45) is 9.65. The van der Waals surface area contributed by atoms with Crippen LogP contribution in [0.1, 0.15) is 30.9 Å². The molecule has 0 radical (unpaired) electrons. The maximum Gasteiger partial charge on any atom is 0.161 e. The van der Waals surface area contributed by atoms with Gasteiger partial charge < -0.3 is 24.0 Å². The molecule has 36 heavy (non-hydrogen) atoms. The van der Waals surface area contributed by atoms with Crippen LogP contribution in [0, 0.1) is 5.92 Å². The molecule has 188 valence electrons. The molecule has 0 bridgehead atoms. The van der Waals surface area contributed by atoms with E-state index in [1.54, 1.807) is 0 Å². The van der Waals surface area contributed by atoms with Crippen LogP contribution < -0.4 is 19.1 Å². The molecule has 0 unspecified atom stereocenters. The van der Waals surface area contributed by atoms with Gasteiger partial charge in [0.2, 0.25) is 0 Å². The van der Waals surface area contributed by atoms with E-state index >= 15 is 0 Å². The zero-order valence-corrected chi connectivity index (χ0v) is 21.1. The first-order chi connectivity index (χ1) is 17.8. The molecule has 3 aromatic rings. The van der Waals surface area contributed by atoms with Crippen LogP contribution >= 0.6 is 0 Å². The van der Waals surface area contributed by atoms with Crippen molar-refractivity contribution < 1.29 is 14.2 Å². The topological polar surface area (TPSA) is 47.1 Å². The van der Waals surface area contributed by atoms with Crippen molar-refractivity contribution in [1.82, 2.24) is 9.88 Å². The van der Waals surface area contributed by atoms with Crippen molar-refractivity contribution in [3.8, 4) is 17.2 Å². The van der Waals surface area contributed by atoms with Crippen LogP contribution in [-0.4, -0.2) is 62.4 Å². The molecule has 0 spiro atoms. The molecule has 6 heteroatoms. The van der Waals surface area contributed by atoms with E-state index in [1.807, 2.05) is 6.20 Å². The highest BCUT2D eigenvalue weighted by Gasteiger charge is 2.27. The number of rotatable bonds is 6. The van der Waals surface area contributed by atoms with E-state index in [9.17, 15) is 0 Å². The minimum Gasteiger partial charge on any atom is -0.488 e. The summed E-state index contributed by atoms with van der Waals surface area (Å²) in [6, 6.07) is 12.9. The summed E-state index contributed by atoms with van der Waals surface area (Å²) < 4.78 is 17.4. The minimum absolute atomic E-state index is 0.640. The second-order valence-corrected chi connectivity index (χ2v) is 10.1. The van der Waals surface area contributed by atoms with Crippen molar-refractivity contribution >= 4 is 22.7 Å². The number of anilines is 1. The van der Waals surface area contributed by atoms with Gasteiger partial charge in [0.25, 0.3) is 0 Å². The first-order valence-corrected chi connectivity index (χ1v) is 13.3. The number of hydrogen-bond acceptors (Lipinski definition) is 6. The SMILES string of the molecule is CC=Cc1ccc2ncc3c(c2c1)N(CC1CCN(CCc2ccc4c(c2)OCCO4)CC1)CCO3. The van der Waals surface area contributed by atoms with Crippen LogP contribution in [0.4, 0.5) is 5.69 Å². The normalized spacial score (nSPS) is 18.4. The summed E-state index contributed by atoms with van der Waals surface area (Å²) in [5, 5.41) is 1.19. The lowest BCUT2D eigenvalue weighted by atomic mass is 9.95. The van der Waals surface area contributed by atoms with Crippen molar-refractivity contribution in [2.45, 2.75) is 26.2 Å². The molecule has 3 aliphatic heterocycles. The van der Waals surface area contributed by atoms with Gasteiger partial charge in [0.1, 0.15) is 19.8 Å². The second kappa shape index (κ2) is 10.4. The number of aromatic nitrogens is 1. The first kappa shape index (κ1) is 23.2. The lowest BCUT2D eigenvalue weighted by Crippen LogP contribution is -2.42. The predicted molar refractivity (Wildman–Crippen MR) is 144 cm³/mol. The number of piperidine rings is 1. The minimum atomic E-state index is 0.640. The molecule has 0 aliphatic carbocycles. The molecule has 0 N–H and O–H groups in total. The number of pyridine rings is 1. The molecule has 1 aromatic heterocycles. The predicted octanol–water partition coefficient (Wildman–Crippen LogP) is 5.19. The largest absolute Gasteiger partial charge is 0.488 e. The lowest BCUT2D eigenvalue weighted by molar-refractivity contribution is 0.171. The van der Waals surface area contributed by atoms with Gasteiger partial charge in [-0.3, -0.25) is 4.98 Å². The summed E-state index contributed by atoms with van der Waals surface area (Å²) in [5.74, 6) is 3.38. The Morgan fingerprint density at radius 1 is 0.917 bits per heavy atom. The fourth-order valence-electron chi connectivity index (χ4n) is 5.70. The highest BCUT2D eigenvalue weighted by Crippen LogP contribution is 2.39. The average Bonchev–Trinajstić information content (AvgIpc) is 2.92. The Balaban J connectivity index is 1.08. The molecular formula is C30H35N3O3. The molecule has 6 nitrogen and oxygen atoms in total. The Bertz CT molecular complexity index is 1250. The highest BCUT2D eigenvalue weighted by atomic mass is 16.6. The first-order valence-electron chi connectivity index (χ1n) is 13.3. The smallest absolute Gasteiger partial charge is 0.161 e. The Morgan fingerprint density at radius 3 is 2.61 bits per heavy atom. The quantitative estimate of drug-likeness (QED) is 0.479. The van der Waals surface area contributed by atoms with Crippen LogP contribution in [0.25, 0.3) is 17.0 Å². The van der Waals surface area contributed by atoms with E-state index < -0.39 is 0 Å². The van der Waals surface area contributed by atoms with E-state index in [4.69, 9.17) is 14.2 Å². The zero-order valence-electron chi connectivity index (χ0n) is 21.1. The number of ether oxygens (including phenoxy) is 3. The van der Waals surface area contributed by atoms with Gasteiger partial charge in [-0.25, -0.2) is 0 Å². The van der Waals surface area contributed by atoms with Gasteiger partial charge in [0.05, 0.1) is 23.9 Å². The Hall–Kier alpha value is -3.25. The van der Waals surface area contributed by atoms with Crippen molar-refractivity contribution in [1.29, 1.82) is 0 Å². The lowest BCUT2D eigenvalue weighted by Gasteiger charge is -2.38. The molecule has 0 atom stereocenters. The molecule has 0 amide bonds. The third kappa shape index (κ3) is 4.87. The van der Waals surface area contributed by atoms with Gasteiger partial charge in [-0.2, -0.15) is 0 Å². The van der Waals surface area contributed by atoms with Crippen LogP contribution in [0.5, 0.6) is 17.2 Å². The fraction of sp³-hybridized carbons (Fsp3) is 0.433. The van der Waals surface area contributed by atoms with Gasteiger partial charge in [-0.05, 0) is 80.6 Å². The van der Waals surface area contributed by atoms with Gasteiger partial charge in [0, 0.05) is 18.5 Å². The number of nitrogens with zero attached hydrogens (tertiary/aromatic N) is 3. The summed E-state index contributed by atoms with van der Waals surface area (Å²) in [6.45, 7) is 9.50. The summed E-state index contributed by atoms with van der Waals surface area (Å²) >= 11 is 0. The molecular weight excluding hydrogens is 450 g/mol. The monoisotopic (exact) mass is 485 g/mol. The van der Waals surface area contributed by atoms with Crippen LogP contribution in [0.2, 0.25) is 0 Å². The zero-order chi connectivity index (χ0) is 24.3. The molecule has 1 saturated heterocycles. The van der Waals surface area contributed by atoms with Crippen LogP contribution in [0.3, 0.4) is 0 Å². The van der Waals surface area contributed by atoms with Gasteiger partial charge >= 0.3 is 0 Å². The Morgan fingerprint density at radius 2 is 1.75 bits per heavy atom. The number of likely N-dealkylation sites (tertiary alicyclic amines) is 1. The number of hydrogen-bond donors (Lipinski definition) is 0. The molecule has 4 heterocycles. The average molecular weight is 486 g/mol. The molecule has 0 saturated carbocycles. The number of allylic oxidation sites excluding steroid dienone is 1. The van der Waals surface area contributed by atoms with Crippen molar-refractivity contribution in [2.75, 3.05) is 57.4 Å². The van der Waals surface area contributed by atoms with E-state index in [-0.39, 0.29) is 0 Å². The Kier molecular flexibility index (Phi) is 6.69. The van der Waals surface area contributed by atoms with E-state index in [0.29, 0.717) is 19.1 Å².